The van der Waals surface area contributed by atoms with Crippen LogP contribution in [0.2, 0.25) is 0 Å². The fraction of sp³-hybridized carbons (Fsp3) is 0.294. The third-order valence-corrected chi connectivity index (χ3v) is 3.80. The highest BCUT2D eigenvalue weighted by atomic mass is 127. The molecule has 0 fully saturated rings. The fourth-order valence-corrected chi connectivity index (χ4v) is 2.47. The van der Waals surface area contributed by atoms with Gasteiger partial charge in [-0.1, -0.05) is 24.3 Å². The molecule has 0 bridgehead atoms. The molecule has 2 aromatic heterocycles. The minimum absolute atomic E-state index is 0. The molecule has 0 spiro atoms. The quantitative estimate of drug-likeness (QED) is 0.327. The first-order chi connectivity index (χ1) is 12.2. The lowest BCUT2D eigenvalue weighted by atomic mass is 10.1. The lowest BCUT2D eigenvalue weighted by Gasteiger charge is -2.12. The van der Waals surface area contributed by atoms with Gasteiger partial charge in [-0.2, -0.15) is 10.2 Å². The van der Waals surface area contributed by atoms with E-state index in [1.165, 1.54) is 17.5 Å². The SMILES string of the molecule is CN=C(NCc1cccc(Cn2cccn2)c1)NCc1ncnn1C.I. The van der Waals surface area contributed by atoms with Crippen LogP contribution in [-0.2, 0) is 26.7 Å². The molecule has 0 aliphatic heterocycles. The van der Waals surface area contributed by atoms with Crippen LogP contribution in [0.3, 0.4) is 0 Å². The minimum Gasteiger partial charge on any atom is -0.352 e. The van der Waals surface area contributed by atoms with Gasteiger partial charge >= 0.3 is 0 Å². The summed E-state index contributed by atoms with van der Waals surface area (Å²) in [5, 5.41) is 14.8. The van der Waals surface area contributed by atoms with Crippen molar-refractivity contribution in [2.45, 2.75) is 19.6 Å². The van der Waals surface area contributed by atoms with E-state index in [0.717, 1.165) is 18.3 Å². The molecular weight excluding hydrogens is 443 g/mol. The van der Waals surface area contributed by atoms with E-state index < -0.39 is 0 Å². The highest BCUT2D eigenvalue weighted by Crippen LogP contribution is 2.07. The number of nitrogens with one attached hydrogen (secondary N) is 2. The van der Waals surface area contributed by atoms with Gasteiger partial charge in [0.15, 0.2) is 5.96 Å². The maximum Gasteiger partial charge on any atom is 0.191 e. The summed E-state index contributed by atoms with van der Waals surface area (Å²) in [5.41, 5.74) is 2.40. The summed E-state index contributed by atoms with van der Waals surface area (Å²) in [5.74, 6) is 1.57. The summed E-state index contributed by atoms with van der Waals surface area (Å²) in [6.07, 6.45) is 5.29. The van der Waals surface area contributed by atoms with Crippen LogP contribution in [-0.4, -0.2) is 37.6 Å². The molecule has 26 heavy (non-hydrogen) atoms. The van der Waals surface area contributed by atoms with Crippen molar-refractivity contribution >= 4 is 29.9 Å². The molecular formula is C17H23IN8. The van der Waals surface area contributed by atoms with Gasteiger partial charge in [0.1, 0.15) is 12.2 Å². The van der Waals surface area contributed by atoms with Crippen LogP contribution >= 0.6 is 24.0 Å². The lowest BCUT2D eigenvalue weighted by Crippen LogP contribution is -2.36. The molecule has 8 nitrogen and oxygen atoms in total. The van der Waals surface area contributed by atoms with Gasteiger partial charge in [-0.05, 0) is 17.2 Å². The average Bonchev–Trinajstić information content (AvgIpc) is 3.27. The number of rotatable bonds is 6. The summed E-state index contributed by atoms with van der Waals surface area (Å²) >= 11 is 0. The van der Waals surface area contributed by atoms with Crippen LogP contribution in [0.25, 0.3) is 0 Å². The Hall–Kier alpha value is -2.43. The monoisotopic (exact) mass is 466 g/mol. The van der Waals surface area contributed by atoms with E-state index in [9.17, 15) is 0 Å². The summed E-state index contributed by atoms with van der Waals surface area (Å²) in [4.78, 5) is 8.42. The smallest absolute Gasteiger partial charge is 0.191 e. The molecule has 0 aliphatic rings. The van der Waals surface area contributed by atoms with E-state index >= 15 is 0 Å². The molecule has 3 rings (SSSR count). The minimum atomic E-state index is 0. The molecule has 0 unspecified atom stereocenters. The van der Waals surface area contributed by atoms with E-state index in [0.29, 0.717) is 13.1 Å². The molecule has 0 aliphatic carbocycles. The Balaban J connectivity index is 0.00000243. The van der Waals surface area contributed by atoms with E-state index in [1.54, 1.807) is 17.9 Å². The van der Waals surface area contributed by atoms with Gasteiger partial charge in [0, 0.05) is 33.0 Å². The molecule has 0 atom stereocenters. The number of halogens is 1. The van der Waals surface area contributed by atoms with Crippen molar-refractivity contribution in [3.8, 4) is 0 Å². The van der Waals surface area contributed by atoms with E-state index in [2.05, 4.69) is 55.1 Å². The molecule has 138 valence electrons. The standard InChI is InChI=1S/C17H22N8.HI/c1-18-17(20-11-16-21-13-23-24(16)2)19-10-14-5-3-6-15(9-14)12-25-8-4-7-22-25;/h3-9,13H,10-12H2,1-2H3,(H2,18,19,20);1H. The average molecular weight is 466 g/mol. The third-order valence-electron chi connectivity index (χ3n) is 3.80. The predicted molar refractivity (Wildman–Crippen MR) is 111 cm³/mol. The Bertz CT molecular complexity index is 825. The van der Waals surface area contributed by atoms with Gasteiger partial charge in [-0.25, -0.2) is 4.98 Å². The number of aliphatic imine (C=N–C) groups is 1. The van der Waals surface area contributed by atoms with Gasteiger partial charge in [-0.3, -0.25) is 14.4 Å². The van der Waals surface area contributed by atoms with Crippen molar-refractivity contribution in [2.24, 2.45) is 12.0 Å². The second-order valence-corrected chi connectivity index (χ2v) is 5.60. The number of benzene rings is 1. The molecule has 0 radical (unpaired) electrons. The fourth-order valence-electron chi connectivity index (χ4n) is 2.47. The van der Waals surface area contributed by atoms with Crippen molar-refractivity contribution in [2.75, 3.05) is 7.05 Å². The first-order valence-corrected chi connectivity index (χ1v) is 8.07. The normalized spacial score (nSPS) is 11.1. The van der Waals surface area contributed by atoms with Crippen molar-refractivity contribution in [1.82, 2.24) is 35.2 Å². The molecule has 2 N–H and O–H groups in total. The summed E-state index contributed by atoms with van der Waals surface area (Å²) < 4.78 is 3.65. The van der Waals surface area contributed by atoms with Gasteiger partial charge in [0.05, 0.1) is 13.1 Å². The first-order valence-electron chi connectivity index (χ1n) is 8.07. The van der Waals surface area contributed by atoms with Crippen molar-refractivity contribution < 1.29 is 0 Å². The summed E-state index contributed by atoms with van der Waals surface area (Å²) in [6.45, 7) is 2.01. The van der Waals surface area contributed by atoms with Crippen LogP contribution in [0.5, 0.6) is 0 Å². The predicted octanol–water partition coefficient (Wildman–Crippen LogP) is 1.54. The number of aryl methyl sites for hydroxylation is 1. The Kier molecular flexibility index (Phi) is 7.57. The molecule has 1 aromatic carbocycles. The zero-order valence-corrected chi connectivity index (χ0v) is 17.2. The summed E-state index contributed by atoms with van der Waals surface area (Å²) in [7, 11) is 3.62. The Morgan fingerprint density at radius 1 is 1.12 bits per heavy atom. The molecule has 9 heteroatoms. The van der Waals surface area contributed by atoms with E-state index in [1.807, 2.05) is 24.0 Å². The van der Waals surface area contributed by atoms with Gasteiger partial charge in [0.2, 0.25) is 0 Å². The van der Waals surface area contributed by atoms with Crippen LogP contribution in [0.4, 0.5) is 0 Å². The molecule has 2 heterocycles. The molecule has 0 saturated heterocycles. The maximum atomic E-state index is 4.24. The van der Waals surface area contributed by atoms with Crippen LogP contribution in [0.15, 0.2) is 54.0 Å². The zero-order chi connectivity index (χ0) is 17.5. The number of hydrogen-bond donors (Lipinski definition) is 2. The zero-order valence-electron chi connectivity index (χ0n) is 14.8. The van der Waals surface area contributed by atoms with E-state index in [-0.39, 0.29) is 24.0 Å². The molecule has 0 saturated carbocycles. The largest absolute Gasteiger partial charge is 0.352 e. The lowest BCUT2D eigenvalue weighted by molar-refractivity contribution is 0.672. The van der Waals surface area contributed by atoms with Gasteiger partial charge in [0.25, 0.3) is 0 Å². The Morgan fingerprint density at radius 2 is 1.92 bits per heavy atom. The Labute approximate surface area is 169 Å². The van der Waals surface area contributed by atoms with E-state index in [4.69, 9.17) is 0 Å². The number of hydrogen-bond acceptors (Lipinski definition) is 4. The van der Waals surface area contributed by atoms with Crippen molar-refractivity contribution in [3.05, 3.63) is 66.0 Å². The second kappa shape index (κ2) is 9.90. The number of guanidine groups is 1. The third kappa shape index (κ3) is 5.55. The van der Waals surface area contributed by atoms with Crippen molar-refractivity contribution in [3.63, 3.8) is 0 Å². The van der Waals surface area contributed by atoms with Gasteiger partial charge in [-0.15, -0.1) is 24.0 Å². The van der Waals surface area contributed by atoms with Crippen LogP contribution in [0.1, 0.15) is 17.0 Å². The number of aromatic nitrogens is 5. The number of nitrogens with zero attached hydrogens (tertiary/aromatic N) is 6. The maximum absolute atomic E-state index is 4.24. The highest BCUT2D eigenvalue weighted by Gasteiger charge is 2.03. The molecule has 0 amide bonds. The van der Waals surface area contributed by atoms with Crippen molar-refractivity contribution in [1.29, 1.82) is 0 Å². The van der Waals surface area contributed by atoms with Crippen LogP contribution in [0, 0.1) is 0 Å². The topological polar surface area (TPSA) is 84.9 Å². The van der Waals surface area contributed by atoms with Crippen LogP contribution < -0.4 is 10.6 Å². The first kappa shape index (κ1) is 19.9. The summed E-state index contributed by atoms with van der Waals surface area (Å²) in [6, 6.07) is 10.4. The highest BCUT2D eigenvalue weighted by molar-refractivity contribution is 14.0. The van der Waals surface area contributed by atoms with Gasteiger partial charge < -0.3 is 10.6 Å². The molecule has 3 aromatic rings. The second-order valence-electron chi connectivity index (χ2n) is 5.60. The Morgan fingerprint density at radius 3 is 2.62 bits per heavy atom.